The van der Waals surface area contributed by atoms with Crippen molar-refractivity contribution in [3.63, 3.8) is 0 Å². The third-order valence-corrected chi connectivity index (χ3v) is 9.84. The van der Waals surface area contributed by atoms with E-state index in [2.05, 4.69) is 4.98 Å². The van der Waals surface area contributed by atoms with E-state index in [1.54, 1.807) is 36.4 Å². The summed E-state index contributed by atoms with van der Waals surface area (Å²) in [4.78, 5) is 18.8. The molecule has 1 saturated heterocycles. The summed E-state index contributed by atoms with van der Waals surface area (Å²) >= 11 is 0. The number of pyridine rings is 1. The van der Waals surface area contributed by atoms with Gasteiger partial charge in [-0.15, -0.1) is 0 Å². The van der Waals surface area contributed by atoms with Gasteiger partial charge in [0.25, 0.3) is 0 Å². The van der Waals surface area contributed by atoms with Gasteiger partial charge in [0, 0.05) is 25.5 Å². The minimum absolute atomic E-state index is 0.182. The van der Waals surface area contributed by atoms with Crippen molar-refractivity contribution in [2.75, 3.05) is 6.54 Å². The Morgan fingerprint density at radius 2 is 1.85 bits per heavy atom. The van der Waals surface area contributed by atoms with Gasteiger partial charge in [-0.1, -0.05) is 18.2 Å². The van der Waals surface area contributed by atoms with E-state index < -0.39 is 45.4 Å². The summed E-state index contributed by atoms with van der Waals surface area (Å²) in [5.41, 5.74) is 0.714. The Morgan fingerprint density at radius 1 is 1.10 bits per heavy atom. The maximum Gasteiger partial charge on any atom is 0.410 e. The second kappa shape index (κ2) is 11.2. The van der Waals surface area contributed by atoms with Crippen LogP contribution >= 0.6 is 0 Å². The highest BCUT2D eigenvalue weighted by Crippen LogP contribution is 2.52. The van der Waals surface area contributed by atoms with Crippen LogP contribution in [0.15, 0.2) is 71.9 Å². The van der Waals surface area contributed by atoms with Crippen LogP contribution in [-0.2, 0) is 21.3 Å². The number of piperidine rings is 1. The van der Waals surface area contributed by atoms with Gasteiger partial charge >= 0.3 is 6.09 Å². The predicted molar refractivity (Wildman–Crippen MR) is 146 cm³/mol. The highest BCUT2D eigenvalue weighted by atomic mass is 32.2. The van der Waals surface area contributed by atoms with Gasteiger partial charge in [0.1, 0.15) is 17.2 Å². The molecule has 1 amide bonds. The highest BCUT2D eigenvalue weighted by molar-refractivity contribution is 7.89. The number of aryl methyl sites for hydroxylation is 1. The average Bonchev–Trinajstić information content (AvgIpc) is 3.73. The largest absolute Gasteiger partial charge is 0.441 e. The second-order valence-electron chi connectivity index (χ2n) is 10.6. The van der Waals surface area contributed by atoms with E-state index in [9.17, 15) is 22.0 Å². The predicted octanol–water partition coefficient (Wildman–Crippen LogP) is 6.14. The summed E-state index contributed by atoms with van der Waals surface area (Å²) in [6.07, 6.45) is 5.37. The van der Waals surface area contributed by atoms with Gasteiger partial charge in [-0.05, 0) is 99.0 Å². The number of nitrogens with zero attached hydrogens (tertiary/aromatic N) is 3. The van der Waals surface area contributed by atoms with Crippen molar-refractivity contribution in [1.29, 1.82) is 0 Å². The molecule has 10 heteroatoms. The molecule has 2 fully saturated rings. The van der Waals surface area contributed by atoms with Gasteiger partial charge in [-0.25, -0.2) is 22.0 Å². The molecule has 2 atom stereocenters. The number of aromatic nitrogens is 1. The molecule has 7 nitrogen and oxygen atoms in total. The monoisotopic (exact) mass is 569 g/mol. The van der Waals surface area contributed by atoms with Gasteiger partial charge in [-0.2, -0.15) is 4.31 Å². The molecular weight excluding hydrogens is 536 g/mol. The van der Waals surface area contributed by atoms with Gasteiger partial charge in [0.2, 0.25) is 10.0 Å². The molecule has 1 saturated carbocycles. The second-order valence-corrected chi connectivity index (χ2v) is 12.4. The first-order valence-electron chi connectivity index (χ1n) is 13.6. The number of carbonyl (C=O) groups excluding carboxylic acids is 1. The maximum absolute atomic E-state index is 14.6. The number of rotatable bonds is 8. The molecule has 2 aliphatic rings. The van der Waals surface area contributed by atoms with Crippen LogP contribution in [0.4, 0.5) is 13.6 Å². The Morgan fingerprint density at radius 3 is 2.50 bits per heavy atom. The molecule has 2 heterocycles. The lowest BCUT2D eigenvalue weighted by Crippen LogP contribution is -2.54. The standard InChI is InChI=1S/C30H33F2N3O4S/c1-3-34(20-22-12-16-33-17-13-22)29(36)39-30(14-15-30)28-9-5-8-27(23-6-4-7-24(31)18-23)35(28)40(37,38)25-11-10-21(2)26(32)19-25/h4,6-7,10-13,16-19,27-28H,3,5,8-9,14-15,20H2,1-2H3/t27-,28+/m0/s1. The van der Waals surface area contributed by atoms with Crippen LogP contribution in [0.1, 0.15) is 61.8 Å². The number of amides is 1. The number of hydrogen-bond acceptors (Lipinski definition) is 5. The zero-order valence-electron chi connectivity index (χ0n) is 22.6. The molecule has 0 spiro atoms. The molecule has 0 unspecified atom stereocenters. The van der Waals surface area contributed by atoms with Crippen molar-refractivity contribution in [2.24, 2.45) is 0 Å². The Kier molecular flexibility index (Phi) is 7.92. The molecule has 1 aliphatic carbocycles. The van der Waals surface area contributed by atoms with Crippen molar-refractivity contribution in [3.05, 3.63) is 95.3 Å². The third-order valence-electron chi connectivity index (χ3n) is 7.93. The van der Waals surface area contributed by atoms with Gasteiger partial charge in [0.15, 0.2) is 0 Å². The van der Waals surface area contributed by atoms with E-state index in [1.165, 1.54) is 28.6 Å². The minimum Gasteiger partial charge on any atom is -0.441 e. The van der Waals surface area contributed by atoms with Crippen LogP contribution in [0.25, 0.3) is 0 Å². The summed E-state index contributed by atoms with van der Waals surface area (Å²) in [6.45, 7) is 4.15. The van der Waals surface area contributed by atoms with Gasteiger partial charge in [-0.3, -0.25) is 4.98 Å². The van der Waals surface area contributed by atoms with Crippen LogP contribution in [0, 0.1) is 18.6 Å². The zero-order valence-corrected chi connectivity index (χ0v) is 23.4. The van der Waals surface area contributed by atoms with E-state index in [0.29, 0.717) is 56.3 Å². The van der Waals surface area contributed by atoms with Crippen LogP contribution in [-0.4, -0.2) is 46.9 Å². The van der Waals surface area contributed by atoms with Crippen molar-refractivity contribution in [1.82, 2.24) is 14.2 Å². The molecule has 2 aromatic carbocycles. The minimum atomic E-state index is -4.25. The molecule has 0 N–H and O–H groups in total. The zero-order chi connectivity index (χ0) is 28.5. The molecular formula is C30H33F2N3O4S. The van der Waals surface area contributed by atoms with Crippen LogP contribution in [0.2, 0.25) is 0 Å². The molecule has 212 valence electrons. The number of carbonyl (C=O) groups is 1. The third kappa shape index (κ3) is 5.60. The Bertz CT molecular complexity index is 1480. The van der Waals surface area contributed by atoms with Crippen molar-refractivity contribution in [3.8, 4) is 0 Å². The average molecular weight is 570 g/mol. The number of hydrogen-bond donors (Lipinski definition) is 0. The smallest absolute Gasteiger partial charge is 0.410 e. The lowest BCUT2D eigenvalue weighted by molar-refractivity contribution is -0.00897. The quantitative estimate of drug-likeness (QED) is 0.325. The molecule has 5 rings (SSSR count). The van der Waals surface area contributed by atoms with Gasteiger partial charge < -0.3 is 9.64 Å². The number of benzene rings is 2. The fraction of sp³-hybridized carbons (Fsp3) is 0.400. The lowest BCUT2D eigenvalue weighted by atomic mass is 9.90. The van der Waals surface area contributed by atoms with Crippen LogP contribution < -0.4 is 0 Å². The molecule has 3 aromatic rings. The van der Waals surface area contributed by atoms with Crippen molar-refractivity contribution in [2.45, 2.75) is 75.1 Å². The van der Waals surface area contributed by atoms with Crippen molar-refractivity contribution < 1.29 is 26.7 Å². The Hall–Kier alpha value is -3.37. The van der Waals surface area contributed by atoms with Crippen LogP contribution in [0.5, 0.6) is 0 Å². The highest BCUT2D eigenvalue weighted by Gasteiger charge is 2.60. The normalized spacial score (nSPS) is 20.6. The van der Waals surface area contributed by atoms with E-state index in [4.69, 9.17) is 4.74 Å². The maximum atomic E-state index is 14.6. The number of sulfonamides is 1. The molecule has 1 aromatic heterocycles. The molecule has 0 bridgehead atoms. The number of ether oxygens (including phenoxy) is 1. The van der Waals surface area contributed by atoms with Gasteiger partial charge in [0.05, 0.1) is 17.0 Å². The first-order chi connectivity index (χ1) is 19.1. The molecule has 0 radical (unpaired) electrons. The molecule has 40 heavy (non-hydrogen) atoms. The van der Waals surface area contributed by atoms with E-state index >= 15 is 0 Å². The summed E-state index contributed by atoms with van der Waals surface area (Å²) in [7, 11) is -4.25. The summed E-state index contributed by atoms with van der Waals surface area (Å²) in [6, 6.07) is 12.0. The van der Waals surface area contributed by atoms with E-state index in [-0.39, 0.29) is 4.90 Å². The fourth-order valence-corrected chi connectivity index (χ4v) is 7.50. The van der Waals surface area contributed by atoms with Crippen LogP contribution in [0.3, 0.4) is 0 Å². The van der Waals surface area contributed by atoms with E-state index in [1.807, 2.05) is 19.1 Å². The summed E-state index contributed by atoms with van der Waals surface area (Å²) in [5, 5.41) is 0. The van der Waals surface area contributed by atoms with Crippen molar-refractivity contribution >= 4 is 16.1 Å². The summed E-state index contributed by atoms with van der Waals surface area (Å²) < 4.78 is 64.8. The number of halogens is 2. The first-order valence-corrected chi connectivity index (χ1v) is 15.0. The van der Waals surface area contributed by atoms with E-state index in [0.717, 1.165) is 11.6 Å². The molecule has 1 aliphatic heterocycles. The summed E-state index contributed by atoms with van der Waals surface area (Å²) in [5.74, 6) is -1.10. The first kappa shape index (κ1) is 28.2. The Labute approximate surface area is 233 Å². The SMILES string of the molecule is CCN(Cc1ccncc1)C(=O)OC1([C@H]2CCC[C@@H](c3cccc(F)c3)N2S(=O)(=O)c2ccc(C)c(F)c2)CC1. The Balaban J connectivity index is 1.50. The fourth-order valence-electron chi connectivity index (χ4n) is 5.57. The lowest BCUT2D eigenvalue weighted by Gasteiger charge is -2.44. The topological polar surface area (TPSA) is 79.8 Å².